The smallest absolute Gasteiger partial charge is 0.237 e. The van der Waals surface area contributed by atoms with Crippen molar-refractivity contribution in [2.45, 2.75) is 45.6 Å². The van der Waals surface area contributed by atoms with Gasteiger partial charge < -0.3 is 14.8 Å². The van der Waals surface area contributed by atoms with Crippen molar-refractivity contribution < 1.29 is 14.3 Å². The maximum atomic E-state index is 12.3. The largest absolute Gasteiger partial charge is 0.497 e. The summed E-state index contributed by atoms with van der Waals surface area (Å²) >= 11 is 0. The van der Waals surface area contributed by atoms with E-state index in [4.69, 9.17) is 9.47 Å². The van der Waals surface area contributed by atoms with Gasteiger partial charge in [-0.15, -0.1) is 0 Å². The second-order valence-corrected chi connectivity index (χ2v) is 5.95. The molecule has 0 spiro atoms. The second kappa shape index (κ2) is 7.61. The summed E-state index contributed by atoms with van der Waals surface area (Å²) in [4.78, 5) is 14.5. The Labute approximate surface area is 132 Å². The lowest BCUT2D eigenvalue weighted by atomic mass is 10.1. The van der Waals surface area contributed by atoms with E-state index in [2.05, 4.69) is 10.2 Å². The molecular weight excluding hydrogens is 280 g/mol. The summed E-state index contributed by atoms with van der Waals surface area (Å²) < 4.78 is 10.8. The SMILES string of the molecule is COc1ccc(CNC(=O)[C@H](C)N2C[C@H](C)O[C@@H](C)C2)cc1. The van der Waals surface area contributed by atoms with Gasteiger partial charge in [0.1, 0.15) is 5.75 Å². The summed E-state index contributed by atoms with van der Waals surface area (Å²) in [6, 6.07) is 7.57. The first-order valence-corrected chi connectivity index (χ1v) is 7.79. The standard InChI is InChI=1S/C17H26N2O3/c1-12-10-19(11-13(2)22-12)14(3)17(20)18-9-15-5-7-16(21-4)8-6-15/h5-8,12-14H,9-11H2,1-4H3,(H,18,20)/t12-,13-,14-/m0/s1. The van der Waals surface area contributed by atoms with E-state index in [1.165, 1.54) is 0 Å². The summed E-state index contributed by atoms with van der Waals surface area (Å²) in [7, 11) is 1.64. The third-order valence-corrected chi connectivity index (χ3v) is 4.00. The average molecular weight is 306 g/mol. The maximum absolute atomic E-state index is 12.3. The van der Waals surface area contributed by atoms with Gasteiger partial charge in [0.05, 0.1) is 25.4 Å². The quantitative estimate of drug-likeness (QED) is 0.901. The minimum absolute atomic E-state index is 0.0529. The number of morpholine rings is 1. The fourth-order valence-corrected chi connectivity index (χ4v) is 2.78. The summed E-state index contributed by atoms with van der Waals surface area (Å²) in [6.07, 6.45) is 0.334. The van der Waals surface area contributed by atoms with Crippen molar-refractivity contribution in [2.24, 2.45) is 0 Å². The number of amides is 1. The molecule has 0 aromatic heterocycles. The Bertz CT molecular complexity index is 479. The molecule has 1 heterocycles. The molecular formula is C17H26N2O3. The number of carbonyl (C=O) groups excluding carboxylic acids is 1. The number of benzene rings is 1. The van der Waals surface area contributed by atoms with Gasteiger partial charge in [0.2, 0.25) is 5.91 Å². The average Bonchev–Trinajstić information content (AvgIpc) is 2.51. The van der Waals surface area contributed by atoms with Crippen molar-refractivity contribution in [3.8, 4) is 5.75 Å². The summed E-state index contributed by atoms with van der Waals surface area (Å²) in [5, 5.41) is 3.00. The van der Waals surface area contributed by atoms with Crippen LogP contribution in [0.4, 0.5) is 0 Å². The molecule has 1 aromatic carbocycles. The molecule has 1 aromatic rings. The van der Waals surface area contributed by atoms with Crippen LogP contribution in [0.15, 0.2) is 24.3 Å². The first-order valence-electron chi connectivity index (χ1n) is 7.79. The molecule has 1 amide bonds. The Balaban J connectivity index is 1.85. The van der Waals surface area contributed by atoms with Crippen LogP contribution in [0.2, 0.25) is 0 Å². The van der Waals surface area contributed by atoms with Crippen molar-refractivity contribution in [1.82, 2.24) is 10.2 Å². The lowest BCUT2D eigenvalue weighted by molar-refractivity contribution is -0.131. The van der Waals surface area contributed by atoms with E-state index < -0.39 is 0 Å². The highest BCUT2D eigenvalue weighted by Crippen LogP contribution is 2.14. The van der Waals surface area contributed by atoms with Crippen LogP contribution in [0.1, 0.15) is 26.3 Å². The molecule has 122 valence electrons. The lowest BCUT2D eigenvalue weighted by Gasteiger charge is -2.38. The minimum atomic E-state index is -0.146. The zero-order chi connectivity index (χ0) is 16.1. The van der Waals surface area contributed by atoms with E-state index in [1.54, 1.807) is 7.11 Å². The van der Waals surface area contributed by atoms with E-state index >= 15 is 0 Å². The summed E-state index contributed by atoms with van der Waals surface area (Å²) in [6.45, 7) is 8.16. The number of hydrogen-bond donors (Lipinski definition) is 1. The van der Waals surface area contributed by atoms with Gasteiger partial charge in [0.25, 0.3) is 0 Å². The molecule has 1 aliphatic heterocycles. The molecule has 0 aliphatic carbocycles. The van der Waals surface area contributed by atoms with E-state index in [0.717, 1.165) is 24.4 Å². The van der Waals surface area contributed by atoms with Crippen LogP contribution in [0.25, 0.3) is 0 Å². The van der Waals surface area contributed by atoms with Crippen LogP contribution in [-0.4, -0.2) is 49.3 Å². The lowest BCUT2D eigenvalue weighted by Crippen LogP contribution is -2.53. The van der Waals surface area contributed by atoms with Crippen LogP contribution in [0.5, 0.6) is 5.75 Å². The monoisotopic (exact) mass is 306 g/mol. The molecule has 1 N–H and O–H groups in total. The van der Waals surface area contributed by atoms with E-state index in [1.807, 2.05) is 45.0 Å². The van der Waals surface area contributed by atoms with Gasteiger partial charge in [-0.25, -0.2) is 0 Å². The Kier molecular flexibility index (Phi) is 5.80. The summed E-state index contributed by atoms with van der Waals surface area (Å²) in [5.41, 5.74) is 1.06. The van der Waals surface area contributed by atoms with E-state index in [-0.39, 0.29) is 24.2 Å². The molecule has 1 fully saturated rings. The number of nitrogens with one attached hydrogen (secondary N) is 1. The minimum Gasteiger partial charge on any atom is -0.497 e. The Morgan fingerprint density at radius 2 is 1.91 bits per heavy atom. The highest BCUT2D eigenvalue weighted by molar-refractivity contribution is 5.81. The van der Waals surface area contributed by atoms with Crippen LogP contribution in [0.3, 0.4) is 0 Å². The van der Waals surface area contributed by atoms with Crippen molar-refractivity contribution >= 4 is 5.91 Å². The zero-order valence-electron chi connectivity index (χ0n) is 13.8. The highest BCUT2D eigenvalue weighted by Gasteiger charge is 2.29. The highest BCUT2D eigenvalue weighted by atomic mass is 16.5. The third-order valence-electron chi connectivity index (χ3n) is 4.00. The topological polar surface area (TPSA) is 50.8 Å². The molecule has 3 atom stereocenters. The molecule has 0 radical (unpaired) electrons. The molecule has 5 heteroatoms. The second-order valence-electron chi connectivity index (χ2n) is 5.95. The predicted octanol–water partition coefficient (Wildman–Crippen LogP) is 1.81. The molecule has 22 heavy (non-hydrogen) atoms. The molecule has 0 bridgehead atoms. The molecule has 1 saturated heterocycles. The number of rotatable bonds is 5. The van der Waals surface area contributed by atoms with Crippen molar-refractivity contribution in [2.75, 3.05) is 20.2 Å². The van der Waals surface area contributed by atoms with Crippen LogP contribution < -0.4 is 10.1 Å². The Hall–Kier alpha value is -1.59. The third kappa shape index (κ3) is 4.45. The summed E-state index contributed by atoms with van der Waals surface area (Å²) in [5.74, 6) is 0.872. The van der Waals surface area contributed by atoms with Crippen molar-refractivity contribution in [3.05, 3.63) is 29.8 Å². The number of nitrogens with zero attached hydrogens (tertiary/aromatic N) is 1. The molecule has 0 unspecified atom stereocenters. The normalized spacial score (nSPS) is 23.8. The number of carbonyl (C=O) groups is 1. The predicted molar refractivity (Wildman–Crippen MR) is 85.9 cm³/mol. The number of hydrogen-bond acceptors (Lipinski definition) is 4. The van der Waals surface area contributed by atoms with Gasteiger partial charge in [0, 0.05) is 19.6 Å². The van der Waals surface area contributed by atoms with Crippen LogP contribution in [-0.2, 0) is 16.1 Å². The van der Waals surface area contributed by atoms with E-state index in [9.17, 15) is 4.79 Å². The number of ether oxygens (including phenoxy) is 2. The van der Waals surface area contributed by atoms with Gasteiger partial charge >= 0.3 is 0 Å². The fraction of sp³-hybridized carbons (Fsp3) is 0.588. The molecule has 5 nitrogen and oxygen atoms in total. The van der Waals surface area contributed by atoms with Gasteiger partial charge in [-0.05, 0) is 38.5 Å². The zero-order valence-corrected chi connectivity index (χ0v) is 13.8. The van der Waals surface area contributed by atoms with E-state index in [0.29, 0.717) is 6.54 Å². The van der Waals surface area contributed by atoms with Crippen LogP contribution >= 0.6 is 0 Å². The Morgan fingerprint density at radius 3 is 2.45 bits per heavy atom. The first-order chi connectivity index (χ1) is 10.5. The van der Waals surface area contributed by atoms with Crippen molar-refractivity contribution in [1.29, 1.82) is 0 Å². The van der Waals surface area contributed by atoms with Gasteiger partial charge in [0.15, 0.2) is 0 Å². The molecule has 0 saturated carbocycles. The van der Waals surface area contributed by atoms with Crippen LogP contribution in [0, 0.1) is 0 Å². The first kappa shape index (κ1) is 16.8. The maximum Gasteiger partial charge on any atom is 0.237 e. The van der Waals surface area contributed by atoms with Gasteiger partial charge in [-0.2, -0.15) is 0 Å². The van der Waals surface area contributed by atoms with Gasteiger partial charge in [-0.1, -0.05) is 12.1 Å². The molecule has 1 aliphatic rings. The van der Waals surface area contributed by atoms with Gasteiger partial charge in [-0.3, -0.25) is 9.69 Å². The Morgan fingerprint density at radius 1 is 1.32 bits per heavy atom. The van der Waals surface area contributed by atoms with Crippen molar-refractivity contribution in [3.63, 3.8) is 0 Å². The molecule has 2 rings (SSSR count). The number of methoxy groups -OCH3 is 1. The fourth-order valence-electron chi connectivity index (χ4n) is 2.78.